The van der Waals surface area contributed by atoms with Crippen LogP contribution in [-0.4, -0.2) is 13.0 Å². The Bertz CT molecular complexity index is 738. The van der Waals surface area contributed by atoms with Gasteiger partial charge in [0.2, 0.25) is 0 Å². The first-order chi connectivity index (χ1) is 10.0. The van der Waals surface area contributed by atoms with Gasteiger partial charge in [-0.3, -0.25) is 4.79 Å². The molecule has 21 heavy (non-hydrogen) atoms. The Kier molecular flexibility index (Phi) is 4.31. The first kappa shape index (κ1) is 14.7. The molecule has 0 radical (unpaired) electrons. The normalized spacial score (nSPS) is 9.76. The van der Waals surface area contributed by atoms with E-state index in [-0.39, 0.29) is 0 Å². The van der Waals surface area contributed by atoms with E-state index in [1.165, 1.54) is 19.2 Å². The molecule has 2 aromatic rings. The van der Waals surface area contributed by atoms with Gasteiger partial charge in [0, 0.05) is 17.3 Å². The number of amides is 1. The molecule has 0 bridgehead atoms. The second-order valence-corrected chi connectivity index (χ2v) is 4.66. The summed E-state index contributed by atoms with van der Waals surface area (Å²) < 4.78 is 5.07. The molecule has 0 saturated carbocycles. The molecule has 0 heterocycles. The highest BCUT2D eigenvalue weighted by atomic mass is 35.5. The zero-order valence-corrected chi connectivity index (χ0v) is 11.9. The van der Waals surface area contributed by atoms with Gasteiger partial charge < -0.3 is 15.8 Å². The Labute approximate surface area is 126 Å². The number of carbonyl (C=O) groups is 1. The minimum absolute atomic E-state index is 0.338. The molecule has 2 aromatic carbocycles. The van der Waals surface area contributed by atoms with E-state index in [1.54, 1.807) is 24.3 Å². The molecule has 5 nitrogen and oxygen atoms in total. The highest BCUT2D eigenvalue weighted by Crippen LogP contribution is 2.25. The lowest BCUT2D eigenvalue weighted by molar-refractivity contribution is 0.102. The fraction of sp³-hybridized carbons (Fsp3) is 0.0667. The monoisotopic (exact) mass is 301 g/mol. The van der Waals surface area contributed by atoms with Gasteiger partial charge in [-0.2, -0.15) is 5.26 Å². The smallest absolute Gasteiger partial charge is 0.255 e. The third-order valence-corrected chi connectivity index (χ3v) is 3.10. The molecule has 0 aliphatic carbocycles. The molecule has 6 heteroatoms. The maximum absolute atomic E-state index is 12.2. The van der Waals surface area contributed by atoms with Gasteiger partial charge in [0.05, 0.1) is 29.5 Å². The lowest BCUT2D eigenvalue weighted by Gasteiger charge is -2.09. The van der Waals surface area contributed by atoms with Crippen LogP contribution in [0.4, 0.5) is 11.4 Å². The van der Waals surface area contributed by atoms with Gasteiger partial charge in [-0.25, -0.2) is 0 Å². The Morgan fingerprint density at radius 2 is 2.10 bits per heavy atom. The molecule has 0 aliphatic rings. The van der Waals surface area contributed by atoms with Crippen molar-refractivity contribution in [2.24, 2.45) is 0 Å². The first-order valence-corrected chi connectivity index (χ1v) is 6.37. The zero-order chi connectivity index (χ0) is 15.4. The van der Waals surface area contributed by atoms with Crippen molar-refractivity contribution in [3.8, 4) is 11.8 Å². The second-order valence-electron chi connectivity index (χ2n) is 4.26. The van der Waals surface area contributed by atoms with E-state index in [0.717, 1.165) is 0 Å². The lowest BCUT2D eigenvalue weighted by atomic mass is 10.1. The largest absolute Gasteiger partial charge is 0.497 e. The minimum atomic E-state index is -0.391. The summed E-state index contributed by atoms with van der Waals surface area (Å²) in [5.41, 5.74) is 7.23. The van der Waals surface area contributed by atoms with Crippen molar-refractivity contribution in [2.45, 2.75) is 0 Å². The van der Waals surface area contributed by atoms with Crippen LogP contribution in [0.5, 0.6) is 5.75 Å². The molecule has 3 N–H and O–H groups in total. The summed E-state index contributed by atoms with van der Waals surface area (Å²) in [6.07, 6.45) is 0. The third kappa shape index (κ3) is 3.44. The quantitative estimate of drug-likeness (QED) is 0.853. The Morgan fingerprint density at radius 1 is 1.33 bits per heavy atom. The van der Waals surface area contributed by atoms with Crippen LogP contribution in [0.1, 0.15) is 15.9 Å². The molecule has 0 spiro atoms. The number of hydrogen-bond donors (Lipinski definition) is 2. The van der Waals surface area contributed by atoms with Crippen LogP contribution in [0.25, 0.3) is 0 Å². The summed E-state index contributed by atoms with van der Waals surface area (Å²) in [6, 6.07) is 11.3. The average Bonchev–Trinajstić information content (AvgIpc) is 2.48. The molecule has 0 unspecified atom stereocenters. The summed E-state index contributed by atoms with van der Waals surface area (Å²) in [6.45, 7) is 0. The fourth-order valence-electron chi connectivity index (χ4n) is 1.76. The van der Waals surface area contributed by atoms with Crippen LogP contribution in [0.2, 0.25) is 5.02 Å². The van der Waals surface area contributed by atoms with Gasteiger partial charge >= 0.3 is 0 Å². The summed E-state index contributed by atoms with van der Waals surface area (Å²) in [5.74, 6) is 0.0922. The van der Waals surface area contributed by atoms with Crippen molar-refractivity contribution >= 4 is 28.9 Å². The zero-order valence-electron chi connectivity index (χ0n) is 11.2. The van der Waals surface area contributed by atoms with Crippen molar-refractivity contribution in [3.63, 3.8) is 0 Å². The van der Waals surface area contributed by atoms with Crippen molar-refractivity contribution in [1.29, 1.82) is 5.26 Å². The Hall–Kier alpha value is -2.71. The number of hydrogen-bond acceptors (Lipinski definition) is 4. The van der Waals surface area contributed by atoms with E-state index in [1.807, 2.05) is 6.07 Å². The molecule has 0 saturated heterocycles. The van der Waals surface area contributed by atoms with Crippen LogP contribution in [0, 0.1) is 11.3 Å². The number of anilines is 2. The maximum atomic E-state index is 12.2. The van der Waals surface area contributed by atoms with Crippen molar-refractivity contribution < 1.29 is 9.53 Å². The molecule has 106 valence electrons. The number of nitrogens with one attached hydrogen (secondary N) is 1. The predicted octanol–water partition coefficient (Wildman–Crippen LogP) is 3.05. The molecule has 0 atom stereocenters. The lowest BCUT2D eigenvalue weighted by Crippen LogP contribution is -2.13. The summed E-state index contributed by atoms with van der Waals surface area (Å²) in [5, 5.41) is 11.9. The van der Waals surface area contributed by atoms with Gasteiger partial charge in [0.1, 0.15) is 5.75 Å². The van der Waals surface area contributed by atoms with Gasteiger partial charge in [0.25, 0.3) is 5.91 Å². The van der Waals surface area contributed by atoms with Crippen LogP contribution in [-0.2, 0) is 0 Å². The minimum Gasteiger partial charge on any atom is -0.497 e. The highest BCUT2D eigenvalue weighted by molar-refractivity contribution is 6.34. The predicted molar refractivity (Wildman–Crippen MR) is 81.5 cm³/mol. The van der Waals surface area contributed by atoms with Crippen LogP contribution in [0.3, 0.4) is 0 Å². The number of nitrogens with two attached hydrogens (primary N) is 1. The molecular weight excluding hydrogens is 290 g/mol. The van der Waals surface area contributed by atoms with Gasteiger partial charge in [0.15, 0.2) is 0 Å². The van der Waals surface area contributed by atoms with E-state index in [4.69, 9.17) is 27.3 Å². The fourth-order valence-corrected chi connectivity index (χ4v) is 1.92. The van der Waals surface area contributed by atoms with Crippen LogP contribution < -0.4 is 15.8 Å². The average molecular weight is 302 g/mol. The number of halogens is 1. The van der Waals surface area contributed by atoms with Gasteiger partial charge in [-0.15, -0.1) is 0 Å². The number of rotatable bonds is 3. The van der Waals surface area contributed by atoms with Crippen molar-refractivity contribution in [3.05, 3.63) is 52.5 Å². The van der Waals surface area contributed by atoms with Crippen LogP contribution >= 0.6 is 11.6 Å². The molecule has 0 fully saturated rings. The van der Waals surface area contributed by atoms with E-state index < -0.39 is 5.91 Å². The highest BCUT2D eigenvalue weighted by Gasteiger charge is 2.11. The number of carbonyl (C=O) groups excluding carboxylic acids is 1. The Morgan fingerprint density at radius 3 is 2.76 bits per heavy atom. The van der Waals surface area contributed by atoms with Crippen molar-refractivity contribution in [1.82, 2.24) is 0 Å². The number of nitrogens with zero attached hydrogens (tertiary/aromatic N) is 1. The SMILES string of the molecule is COc1cc(N)cc(C(=O)Nc2cc(C#N)ccc2Cl)c1. The number of nitriles is 1. The van der Waals surface area contributed by atoms with E-state index in [0.29, 0.717) is 33.3 Å². The van der Waals surface area contributed by atoms with Gasteiger partial charge in [-0.1, -0.05) is 11.6 Å². The number of ether oxygens (including phenoxy) is 1. The van der Waals surface area contributed by atoms with Crippen molar-refractivity contribution in [2.75, 3.05) is 18.2 Å². The topological polar surface area (TPSA) is 88.1 Å². The number of benzene rings is 2. The van der Waals surface area contributed by atoms with Crippen LogP contribution in [0.15, 0.2) is 36.4 Å². The molecule has 2 rings (SSSR count). The van der Waals surface area contributed by atoms with E-state index >= 15 is 0 Å². The summed E-state index contributed by atoms with van der Waals surface area (Å²) in [4.78, 5) is 12.2. The van der Waals surface area contributed by atoms with Gasteiger partial charge in [-0.05, 0) is 30.3 Å². The molecular formula is C15H12ClN3O2. The molecule has 0 aromatic heterocycles. The first-order valence-electron chi connectivity index (χ1n) is 5.99. The summed E-state index contributed by atoms with van der Waals surface area (Å²) in [7, 11) is 1.49. The third-order valence-electron chi connectivity index (χ3n) is 2.77. The number of nitrogen functional groups attached to an aromatic ring is 1. The maximum Gasteiger partial charge on any atom is 0.255 e. The van der Waals surface area contributed by atoms with E-state index in [2.05, 4.69) is 5.32 Å². The molecule has 0 aliphatic heterocycles. The summed E-state index contributed by atoms with van der Waals surface area (Å²) >= 11 is 6.00. The number of methoxy groups -OCH3 is 1. The molecule has 1 amide bonds. The standard InChI is InChI=1S/C15H12ClN3O2/c1-21-12-6-10(5-11(18)7-12)15(20)19-14-4-9(8-17)2-3-13(14)16/h2-7H,18H2,1H3,(H,19,20). The van der Waals surface area contributed by atoms with E-state index in [9.17, 15) is 4.79 Å². The second kappa shape index (κ2) is 6.16. The Balaban J connectivity index is 2.30.